The van der Waals surface area contributed by atoms with Crippen LogP contribution in [-0.4, -0.2) is 25.9 Å². The fourth-order valence-corrected chi connectivity index (χ4v) is 6.14. The van der Waals surface area contributed by atoms with Gasteiger partial charge in [-0.15, -0.1) is 0 Å². The van der Waals surface area contributed by atoms with Crippen molar-refractivity contribution in [3.63, 3.8) is 0 Å². The van der Waals surface area contributed by atoms with Crippen molar-refractivity contribution in [2.45, 2.75) is 13.1 Å². The number of amides is 2. The van der Waals surface area contributed by atoms with Crippen LogP contribution in [0.1, 0.15) is 31.8 Å². The molecule has 13 heteroatoms. The molecule has 2 aliphatic heterocycles. The predicted octanol–water partition coefficient (Wildman–Crippen LogP) is 5.93. The summed E-state index contributed by atoms with van der Waals surface area (Å²) in [6.07, 6.45) is 3.98. The summed E-state index contributed by atoms with van der Waals surface area (Å²) in [5.41, 5.74) is 13.1. The summed E-state index contributed by atoms with van der Waals surface area (Å²) >= 11 is -1.92. The van der Waals surface area contributed by atoms with Gasteiger partial charge in [0.15, 0.2) is 0 Å². The predicted molar refractivity (Wildman–Crippen MR) is 172 cm³/mol. The number of aromatic nitrogens is 2. The number of hydrogen-bond acceptors (Lipinski definition) is 7. The van der Waals surface area contributed by atoms with Crippen molar-refractivity contribution in [1.82, 2.24) is 9.13 Å². The Kier molecular flexibility index (Phi) is 8.44. The maximum atomic E-state index is 12.6. The summed E-state index contributed by atoms with van der Waals surface area (Å²) in [7, 11) is 3.97. The monoisotopic (exact) mass is 811 g/mol. The van der Waals surface area contributed by atoms with Gasteiger partial charge >= 0.3 is 25.3 Å². The average Bonchev–Trinajstić information content (AvgIpc) is 3.82. The molecule has 2 N–H and O–H groups in total. The van der Waals surface area contributed by atoms with Crippen molar-refractivity contribution in [3.8, 4) is 0 Å². The number of nitro groups is 1. The number of aryl methyl sites for hydroxylation is 2. The standard InChI is InChI=1S/C17H13N3O3.C17H15N3O.2O.Pt/c1-18-8-7-11-9-12(5-6-15(11)18)19-10-14-13(17(19)21)3-2-4-16(14)20(22)23;1-19-8-7-11-9-12(5-6-16(11)19)20-10-14-13(17(20)21)3-2-4-15(14)18;;;/h2-9H,10H2,1H3;2-9H,10,18H2,1H3;;;. The molecule has 4 heterocycles. The zero-order chi connectivity index (χ0) is 33.4. The summed E-state index contributed by atoms with van der Waals surface area (Å²) < 4.78 is 21.0. The van der Waals surface area contributed by atoms with Crippen LogP contribution in [0, 0.1) is 10.1 Å². The molecule has 4 aromatic carbocycles. The summed E-state index contributed by atoms with van der Waals surface area (Å²) in [5, 5.41) is 13.3. The molecule has 0 aliphatic carbocycles. The zero-order valence-corrected chi connectivity index (χ0v) is 27.5. The fraction of sp³-hybridized carbons (Fsp3) is 0.118. The molecule has 0 saturated heterocycles. The van der Waals surface area contributed by atoms with E-state index in [9.17, 15) is 19.7 Å². The van der Waals surface area contributed by atoms with Crippen molar-refractivity contribution >= 4 is 56.4 Å². The molecule has 0 atom stereocenters. The van der Waals surface area contributed by atoms with Crippen LogP contribution >= 0.6 is 0 Å². The van der Waals surface area contributed by atoms with Gasteiger partial charge in [-0.05, 0) is 66.7 Å². The first-order valence-corrected chi connectivity index (χ1v) is 16.2. The Hall–Kier alpha value is -5.61. The number of nitro benzene ring substituents is 1. The maximum absolute atomic E-state index is 12.6. The van der Waals surface area contributed by atoms with Crippen molar-refractivity contribution in [3.05, 3.63) is 130 Å². The number of nitrogens with zero attached hydrogens (tertiary/aromatic N) is 5. The number of rotatable bonds is 3. The molecule has 0 spiro atoms. The van der Waals surface area contributed by atoms with Gasteiger partial charge in [0.2, 0.25) is 0 Å². The molecule has 2 aromatic heterocycles. The van der Waals surface area contributed by atoms with Crippen molar-refractivity contribution in [2.24, 2.45) is 14.1 Å². The molecular weight excluding hydrogens is 783 g/mol. The molecular formula is C34H28N6O6Pt. The molecule has 0 bridgehead atoms. The summed E-state index contributed by atoms with van der Waals surface area (Å²) in [4.78, 5) is 39.3. The molecule has 2 aliphatic rings. The Labute approximate surface area is 276 Å². The van der Waals surface area contributed by atoms with Gasteiger partial charge in [0.1, 0.15) is 0 Å². The van der Waals surface area contributed by atoms with Gasteiger partial charge in [-0.1, -0.05) is 12.1 Å². The van der Waals surface area contributed by atoms with Crippen LogP contribution in [0.25, 0.3) is 21.8 Å². The Morgan fingerprint density at radius 2 is 1.17 bits per heavy atom. The number of hydrogen-bond donors (Lipinski definition) is 1. The average molecular weight is 812 g/mol. The van der Waals surface area contributed by atoms with E-state index in [0.29, 0.717) is 28.9 Å². The molecule has 12 nitrogen and oxygen atoms in total. The van der Waals surface area contributed by atoms with Gasteiger partial charge in [0.05, 0.1) is 29.1 Å². The Balaban J connectivity index is 0.000000152. The van der Waals surface area contributed by atoms with E-state index in [-0.39, 0.29) is 24.0 Å². The van der Waals surface area contributed by atoms with Gasteiger partial charge in [-0.2, -0.15) is 0 Å². The molecule has 0 unspecified atom stereocenters. The zero-order valence-electron chi connectivity index (χ0n) is 25.2. The van der Waals surface area contributed by atoms with Crippen molar-refractivity contribution < 1.29 is 39.8 Å². The van der Waals surface area contributed by atoms with Crippen LogP contribution < -0.4 is 15.5 Å². The normalized spacial score (nSPS) is 13.3. The van der Waals surface area contributed by atoms with E-state index in [0.717, 1.165) is 38.7 Å². The number of carbonyl (C=O) groups excluding carboxylic acids is 2. The number of fused-ring (bicyclic) bond motifs is 4. The molecule has 0 saturated carbocycles. The Bertz CT molecular complexity index is 2270. The summed E-state index contributed by atoms with van der Waals surface area (Å²) in [5.74, 6) is -0.174. The van der Waals surface area contributed by atoms with Crippen LogP contribution in [0.15, 0.2) is 97.3 Å². The molecule has 47 heavy (non-hydrogen) atoms. The van der Waals surface area contributed by atoms with Crippen LogP contribution in [0.3, 0.4) is 0 Å². The minimum absolute atomic E-state index is 0.000797. The van der Waals surface area contributed by atoms with Crippen molar-refractivity contribution in [2.75, 3.05) is 15.5 Å². The van der Waals surface area contributed by atoms with Crippen molar-refractivity contribution in [1.29, 1.82) is 0 Å². The fourth-order valence-electron chi connectivity index (χ4n) is 6.14. The summed E-state index contributed by atoms with van der Waals surface area (Å²) in [6, 6.07) is 26.0. The van der Waals surface area contributed by atoms with Gasteiger partial charge in [0.25, 0.3) is 17.5 Å². The van der Waals surface area contributed by atoms with Crippen LogP contribution in [-0.2, 0) is 52.5 Å². The second kappa shape index (κ2) is 12.6. The Morgan fingerprint density at radius 3 is 1.66 bits per heavy atom. The van der Waals surface area contributed by atoms with Gasteiger partial charge < -0.3 is 24.7 Å². The second-order valence-electron chi connectivity index (χ2n) is 11.1. The third kappa shape index (κ3) is 5.68. The number of anilines is 3. The summed E-state index contributed by atoms with van der Waals surface area (Å²) in [6.45, 7) is 0.767. The van der Waals surface area contributed by atoms with Gasteiger partial charge in [0, 0.05) is 82.6 Å². The molecule has 0 fully saturated rings. The molecule has 240 valence electrons. The SMILES string of the molecule is Cn1ccc2cc(N3Cc4c(N)cccc4C3=O)ccc21.Cn1ccc2cc(N3Cc4c(cccc4[N+](=O)[O-])C3=O)ccc21.[O]=[Pt]=[O]. The number of nitrogen functional groups attached to an aromatic ring is 1. The first kappa shape index (κ1) is 31.4. The molecule has 8 rings (SSSR count). The van der Waals surface area contributed by atoms with E-state index in [1.165, 1.54) is 6.07 Å². The quantitative estimate of drug-likeness (QED) is 0.132. The van der Waals surface area contributed by atoms with E-state index in [2.05, 4.69) is 16.7 Å². The minimum atomic E-state index is -1.92. The van der Waals surface area contributed by atoms with E-state index >= 15 is 0 Å². The first-order valence-electron chi connectivity index (χ1n) is 14.3. The van der Waals surface area contributed by atoms with E-state index in [4.69, 9.17) is 12.5 Å². The first-order chi connectivity index (χ1) is 22.6. The van der Waals surface area contributed by atoms with Crippen LogP contribution in [0.4, 0.5) is 22.7 Å². The van der Waals surface area contributed by atoms with E-state index < -0.39 is 23.4 Å². The number of carbonyl (C=O) groups is 2. The number of benzene rings is 4. The topological polar surface area (TPSA) is 154 Å². The molecule has 2 amide bonds. The molecule has 6 aromatic rings. The van der Waals surface area contributed by atoms with Gasteiger partial charge in [-0.25, -0.2) is 0 Å². The van der Waals surface area contributed by atoms with Crippen LogP contribution in [0.2, 0.25) is 0 Å². The molecule has 0 radical (unpaired) electrons. The second-order valence-corrected chi connectivity index (χ2v) is 11.5. The third-order valence-electron chi connectivity index (χ3n) is 8.50. The van der Waals surface area contributed by atoms with E-state index in [1.54, 1.807) is 21.9 Å². The van der Waals surface area contributed by atoms with Gasteiger partial charge in [-0.3, -0.25) is 19.7 Å². The Morgan fingerprint density at radius 1 is 0.702 bits per heavy atom. The number of nitrogens with two attached hydrogens (primary N) is 1. The van der Waals surface area contributed by atoms with Crippen LogP contribution in [0.5, 0.6) is 0 Å². The van der Waals surface area contributed by atoms with E-state index in [1.807, 2.05) is 85.7 Å². The third-order valence-corrected chi connectivity index (χ3v) is 8.50.